The van der Waals surface area contributed by atoms with Crippen LogP contribution in [0.2, 0.25) is 0 Å². The monoisotopic (exact) mass is 356 g/mol. The molecule has 0 fully saturated rings. The zero-order valence-corrected chi connectivity index (χ0v) is 12.0. The van der Waals surface area contributed by atoms with Gasteiger partial charge in [0.05, 0.1) is 9.77 Å². The lowest BCUT2D eigenvalue weighted by atomic mass is 10.2. The number of aromatic nitrogens is 3. The Hall–Kier alpha value is -1.44. The highest BCUT2D eigenvalue weighted by Gasteiger charge is 2.15. The van der Waals surface area contributed by atoms with Gasteiger partial charge in [0.15, 0.2) is 0 Å². The Balaban J connectivity index is 1.92. The number of rotatable bonds is 4. The average Bonchev–Trinajstić information content (AvgIpc) is 2.83. The van der Waals surface area contributed by atoms with E-state index in [0.717, 1.165) is 9.13 Å². The Labute approximate surface area is 119 Å². The van der Waals surface area contributed by atoms with E-state index in [1.165, 1.54) is 0 Å². The predicted octanol–water partition coefficient (Wildman–Crippen LogP) is 1.76. The molecule has 6 heteroatoms. The molecule has 94 valence electrons. The standard InChI is InChI=1S/C12H13IN4O/c1-9(17-8-11(13)7-16-17)12(18)15-6-10-3-2-4-14-5-10/h2-5,7-9H,6H2,1H3,(H,15,18). The van der Waals surface area contributed by atoms with Crippen molar-refractivity contribution in [2.45, 2.75) is 19.5 Å². The molecule has 1 unspecified atom stereocenters. The second-order valence-corrected chi connectivity index (χ2v) is 5.14. The maximum absolute atomic E-state index is 11.9. The van der Waals surface area contributed by atoms with Gasteiger partial charge in [-0.05, 0) is 41.1 Å². The lowest BCUT2D eigenvalue weighted by Gasteiger charge is -2.12. The summed E-state index contributed by atoms with van der Waals surface area (Å²) in [5.41, 5.74) is 0.980. The molecule has 5 nitrogen and oxygen atoms in total. The zero-order valence-electron chi connectivity index (χ0n) is 9.88. The number of amides is 1. The van der Waals surface area contributed by atoms with Gasteiger partial charge in [-0.25, -0.2) is 0 Å². The summed E-state index contributed by atoms with van der Waals surface area (Å²) in [4.78, 5) is 15.9. The number of carbonyl (C=O) groups is 1. The number of hydrogen-bond donors (Lipinski definition) is 1. The van der Waals surface area contributed by atoms with Crippen LogP contribution in [0.4, 0.5) is 0 Å². The normalized spacial score (nSPS) is 12.1. The van der Waals surface area contributed by atoms with E-state index in [4.69, 9.17) is 0 Å². The van der Waals surface area contributed by atoms with Crippen molar-refractivity contribution in [1.82, 2.24) is 20.1 Å². The van der Waals surface area contributed by atoms with E-state index >= 15 is 0 Å². The highest BCUT2D eigenvalue weighted by molar-refractivity contribution is 14.1. The molecule has 2 rings (SSSR count). The molecule has 1 N–H and O–H groups in total. The van der Waals surface area contributed by atoms with Crippen LogP contribution in [0.15, 0.2) is 36.9 Å². The first-order valence-corrected chi connectivity index (χ1v) is 6.61. The topological polar surface area (TPSA) is 59.8 Å². The second kappa shape index (κ2) is 5.94. The SMILES string of the molecule is CC(C(=O)NCc1cccnc1)n1cc(I)cn1. The summed E-state index contributed by atoms with van der Waals surface area (Å²) in [6.45, 7) is 2.30. The van der Waals surface area contributed by atoms with E-state index in [2.05, 4.69) is 38.0 Å². The molecule has 2 aromatic heterocycles. The second-order valence-electron chi connectivity index (χ2n) is 3.89. The van der Waals surface area contributed by atoms with Gasteiger partial charge in [0.2, 0.25) is 5.91 Å². The van der Waals surface area contributed by atoms with Crippen LogP contribution in [-0.4, -0.2) is 20.7 Å². The van der Waals surface area contributed by atoms with Crippen LogP contribution in [-0.2, 0) is 11.3 Å². The highest BCUT2D eigenvalue weighted by atomic mass is 127. The third-order valence-corrected chi connectivity index (χ3v) is 3.09. The number of nitrogens with zero attached hydrogens (tertiary/aromatic N) is 3. The van der Waals surface area contributed by atoms with Crippen LogP contribution < -0.4 is 5.32 Å². The number of nitrogens with one attached hydrogen (secondary N) is 1. The van der Waals surface area contributed by atoms with Gasteiger partial charge in [-0.15, -0.1) is 0 Å². The van der Waals surface area contributed by atoms with Gasteiger partial charge in [0.25, 0.3) is 0 Å². The van der Waals surface area contributed by atoms with Gasteiger partial charge in [0, 0.05) is 25.1 Å². The predicted molar refractivity (Wildman–Crippen MR) is 75.7 cm³/mol. The van der Waals surface area contributed by atoms with Gasteiger partial charge in [0.1, 0.15) is 6.04 Å². The molecule has 0 radical (unpaired) electrons. The lowest BCUT2D eigenvalue weighted by Crippen LogP contribution is -2.30. The van der Waals surface area contributed by atoms with Crippen molar-refractivity contribution < 1.29 is 4.79 Å². The molecule has 0 aliphatic rings. The van der Waals surface area contributed by atoms with Crippen LogP contribution in [0.1, 0.15) is 18.5 Å². The molecule has 0 saturated carbocycles. The van der Waals surface area contributed by atoms with Gasteiger partial charge in [-0.2, -0.15) is 5.10 Å². The number of pyridine rings is 1. The fraction of sp³-hybridized carbons (Fsp3) is 0.250. The molecule has 1 amide bonds. The van der Waals surface area contributed by atoms with Crippen LogP contribution in [0.3, 0.4) is 0 Å². The van der Waals surface area contributed by atoms with E-state index in [-0.39, 0.29) is 11.9 Å². The molecule has 18 heavy (non-hydrogen) atoms. The van der Waals surface area contributed by atoms with Crippen molar-refractivity contribution in [3.63, 3.8) is 0 Å². The Morgan fingerprint density at radius 1 is 1.56 bits per heavy atom. The zero-order chi connectivity index (χ0) is 13.0. The molecule has 2 aromatic rings. The summed E-state index contributed by atoms with van der Waals surface area (Å²) in [7, 11) is 0. The van der Waals surface area contributed by atoms with E-state index in [0.29, 0.717) is 6.54 Å². The van der Waals surface area contributed by atoms with Crippen molar-refractivity contribution in [2.75, 3.05) is 0 Å². The van der Waals surface area contributed by atoms with Crippen molar-refractivity contribution in [3.05, 3.63) is 46.1 Å². The molecule has 0 saturated heterocycles. The lowest BCUT2D eigenvalue weighted by molar-refractivity contribution is -0.124. The minimum atomic E-state index is -0.315. The van der Waals surface area contributed by atoms with Crippen LogP contribution in [0.5, 0.6) is 0 Å². The van der Waals surface area contributed by atoms with Gasteiger partial charge in [-0.3, -0.25) is 14.5 Å². The maximum atomic E-state index is 11.9. The van der Waals surface area contributed by atoms with Crippen molar-refractivity contribution >= 4 is 28.5 Å². The molecule has 0 spiro atoms. The Kier molecular flexibility index (Phi) is 4.29. The summed E-state index contributed by atoms with van der Waals surface area (Å²) >= 11 is 2.16. The minimum Gasteiger partial charge on any atom is -0.350 e. The first-order valence-electron chi connectivity index (χ1n) is 5.53. The summed E-state index contributed by atoms with van der Waals surface area (Å²) in [5, 5.41) is 6.99. The van der Waals surface area contributed by atoms with E-state index in [9.17, 15) is 4.79 Å². The van der Waals surface area contributed by atoms with Crippen molar-refractivity contribution in [2.24, 2.45) is 0 Å². The number of halogens is 1. The quantitative estimate of drug-likeness (QED) is 0.850. The number of hydrogen-bond acceptors (Lipinski definition) is 3. The highest BCUT2D eigenvalue weighted by Crippen LogP contribution is 2.08. The largest absolute Gasteiger partial charge is 0.350 e. The molecular weight excluding hydrogens is 343 g/mol. The van der Waals surface area contributed by atoms with Gasteiger partial charge in [-0.1, -0.05) is 6.07 Å². The number of carbonyl (C=O) groups excluding carboxylic acids is 1. The van der Waals surface area contributed by atoms with Crippen molar-refractivity contribution in [1.29, 1.82) is 0 Å². The fourth-order valence-corrected chi connectivity index (χ4v) is 1.90. The van der Waals surface area contributed by atoms with Crippen LogP contribution >= 0.6 is 22.6 Å². The maximum Gasteiger partial charge on any atom is 0.244 e. The van der Waals surface area contributed by atoms with Gasteiger partial charge >= 0.3 is 0 Å². The summed E-state index contributed by atoms with van der Waals surface area (Å²) in [6.07, 6.45) is 7.02. The van der Waals surface area contributed by atoms with E-state index < -0.39 is 0 Å². The first-order chi connectivity index (χ1) is 8.66. The van der Waals surface area contributed by atoms with E-state index in [1.54, 1.807) is 23.3 Å². The summed E-state index contributed by atoms with van der Waals surface area (Å²) in [6, 6.07) is 3.46. The van der Waals surface area contributed by atoms with E-state index in [1.807, 2.05) is 25.3 Å². The third kappa shape index (κ3) is 3.28. The van der Waals surface area contributed by atoms with Crippen LogP contribution in [0.25, 0.3) is 0 Å². The third-order valence-electron chi connectivity index (χ3n) is 2.54. The molecule has 0 aliphatic heterocycles. The summed E-state index contributed by atoms with van der Waals surface area (Å²) < 4.78 is 2.67. The molecule has 0 aliphatic carbocycles. The molecular formula is C12H13IN4O. The molecule has 0 bridgehead atoms. The molecule has 0 aromatic carbocycles. The fourth-order valence-electron chi connectivity index (χ4n) is 1.49. The average molecular weight is 356 g/mol. The Bertz CT molecular complexity index is 526. The molecule has 2 heterocycles. The Morgan fingerprint density at radius 3 is 3.00 bits per heavy atom. The Morgan fingerprint density at radius 2 is 2.39 bits per heavy atom. The minimum absolute atomic E-state index is 0.0571. The first kappa shape index (κ1) is 13.0. The van der Waals surface area contributed by atoms with Gasteiger partial charge < -0.3 is 5.32 Å². The molecule has 1 atom stereocenters. The smallest absolute Gasteiger partial charge is 0.244 e. The van der Waals surface area contributed by atoms with Crippen molar-refractivity contribution in [3.8, 4) is 0 Å². The summed E-state index contributed by atoms with van der Waals surface area (Å²) in [5.74, 6) is -0.0571. The van der Waals surface area contributed by atoms with Crippen LogP contribution in [0, 0.1) is 3.57 Å².